The molecule has 1 unspecified atom stereocenters. The number of nitrogens with one attached hydrogen (secondary N) is 1. The maximum Gasteiger partial charge on any atom is 0.226 e. The van der Waals surface area contributed by atoms with E-state index >= 15 is 0 Å². The molecular weight excluding hydrogens is 345 g/mol. The molecule has 0 saturated heterocycles. The molecule has 0 aliphatic rings. The molecule has 0 fully saturated rings. The lowest BCUT2D eigenvalue weighted by atomic mass is 10.2. The van der Waals surface area contributed by atoms with Crippen LogP contribution < -0.4 is 5.32 Å². The molecule has 3 rings (SSSR count). The van der Waals surface area contributed by atoms with Gasteiger partial charge in [-0.25, -0.2) is 4.39 Å². The van der Waals surface area contributed by atoms with Crippen molar-refractivity contribution in [1.82, 2.24) is 19.6 Å². The Bertz CT molecular complexity index is 942. The van der Waals surface area contributed by atoms with Gasteiger partial charge in [0.05, 0.1) is 30.2 Å². The lowest BCUT2D eigenvalue weighted by Crippen LogP contribution is -2.19. The van der Waals surface area contributed by atoms with Gasteiger partial charge in [0.25, 0.3) is 0 Å². The highest BCUT2D eigenvalue weighted by atomic mass is 19.1. The monoisotopic (exact) mass is 369 g/mol. The molecule has 6 nitrogen and oxygen atoms in total. The summed E-state index contributed by atoms with van der Waals surface area (Å²) in [7, 11) is 0. The van der Waals surface area contributed by atoms with Crippen LogP contribution in [-0.2, 0) is 11.3 Å². The van der Waals surface area contributed by atoms with Crippen LogP contribution >= 0.6 is 0 Å². The van der Waals surface area contributed by atoms with E-state index in [1.807, 2.05) is 32.4 Å². The Hall–Kier alpha value is -2.96. The summed E-state index contributed by atoms with van der Waals surface area (Å²) in [6, 6.07) is 6.24. The minimum atomic E-state index is -0.265. The number of aromatic nitrogens is 4. The molecule has 0 saturated carbocycles. The number of halogens is 1. The molecule has 1 amide bonds. The number of benzene rings is 1. The van der Waals surface area contributed by atoms with Gasteiger partial charge in [-0.15, -0.1) is 0 Å². The number of aryl methyl sites for hydroxylation is 1. The highest BCUT2D eigenvalue weighted by Crippen LogP contribution is 2.19. The molecular formula is C20H24FN5O. The van der Waals surface area contributed by atoms with Gasteiger partial charge in [-0.2, -0.15) is 10.2 Å². The number of rotatable bonds is 6. The lowest BCUT2D eigenvalue weighted by Gasteiger charge is -2.14. The minimum Gasteiger partial charge on any atom is -0.323 e. The van der Waals surface area contributed by atoms with Crippen LogP contribution in [0, 0.1) is 26.6 Å². The van der Waals surface area contributed by atoms with Gasteiger partial charge < -0.3 is 5.32 Å². The fourth-order valence-electron chi connectivity index (χ4n) is 3.03. The van der Waals surface area contributed by atoms with Crippen molar-refractivity contribution < 1.29 is 9.18 Å². The normalized spacial score (nSPS) is 12.2. The fraction of sp³-hybridized carbons (Fsp3) is 0.350. The summed E-state index contributed by atoms with van der Waals surface area (Å²) >= 11 is 0. The van der Waals surface area contributed by atoms with Gasteiger partial charge in [0.15, 0.2) is 0 Å². The SMILES string of the molecule is Cc1nn(C(C)CC(=O)Nc2cnn(Cc3ccc(F)cc3)c2)c(C)c1C. The second kappa shape index (κ2) is 7.73. The van der Waals surface area contributed by atoms with Crippen molar-refractivity contribution in [2.24, 2.45) is 0 Å². The lowest BCUT2D eigenvalue weighted by molar-refractivity contribution is -0.116. The number of carbonyl (C=O) groups excluding carboxylic acids is 1. The predicted octanol–water partition coefficient (Wildman–Crippen LogP) is 3.78. The minimum absolute atomic E-state index is 0.0355. The van der Waals surface area contributed by atoms with Crippen LogP contribution in [-0.4, -0.2) is 25.5 Å². The third kappa shape index (κ3) is 4.42. The van der Waals surface area contributed by atoms with Crippen LogP contribution in [0.25, 0.3) is 0 Å². The molecule has 0 aliphatic carbocycles. The largest absolute Gasteiger partial charge is 0.323 e. The van der Waals surface area contributed by atoms with Crippen LogP contribution in [0.4, 0.5) is 10.1 Å². The average molecular weight is 369 g/mol. The molecule has 1 atom stereocenters. The van der Waals surface area contributed by atoms with Gasteiger partial charge in [0.1, 0.15) is 5.82 Å². The summed E-state index contributed by atoms with van der Waals surface area (Å²) in [6.45, 7) is 8.52. The third-order valence-corrected chi connectivity index (χ3v) is 4.76. The van der Waals surface area contributed by atoms with E-state index in [0.29, 0.717) is 18.7 Å². The van der Waals surface area contributed by atoms with Crippen LogP contribution in [0.5, 0.6) is 0 Å². The highest BCUT2D eigenvalue weighted by Gasteiger charge is 2.16. The van der Waals surface area contributed by atoms with E-state index < -0.39 is 0 Å². The molecule has 142 valence electrons. The molecule has 1 aromatic carbocycles. The summed E-state index contributed by atoms with van der Waals surface area (Å²) in [5.74, 6) is -0.354. The summed E-state index contributed by atoms with van der Waals surface area (Å²) in [6.07, 6.45) is 3.70. The first-order valence-electron chi connectivity index (χ1n) is 8.92. The molecule has 0 bridgehead atoms. The van der Waals surface area contributed by atoms with E-state index in [-0.39, 0.29) is 17.8 Å². The number of hydrogen-bond acceptors (Lipinski definition) is 3. The van der Waals surface area contributed by atoms with E-state index in [0.717, 1.165) is 22.5 Å². The summed E-state index contributed by atoms with van der Waals surface area (Å²) in [4.78, 5) is 12.4. The van der Waals surface area contributed by atoms with Crippen molar-refractivity contribution in [3.8, 4) is 0 Å². The van der Waals surface area contributed by atoms with E-state index in [1.165, 1.54) is 12.1 Å². The Morgan fingerprint density at radius 1 is 1.22 bits per heavy atom. The van der Waals surface area contributed by atoms with Crippen molar-refractivity contribution in [1.29, 1.82) is 0 Å². The Kier molecular flexibility index (Phi) is 5.39. The molecule has 0 aliphatic heterocycles. The Balaban J connectivity index is 1.58. The first kappa shape index (κ1) is 18.8. The predicted molar refractivity (Wildman–Crippen MR) is 102 cm³/mol. The van der Waals surface area contributed by atoms with Crippen LogP contribution in [0.2, 0.25) is 0 Å². The topological polar surface area (TPSA) is 64.7 Å². The van der Waals surface area contributed by atoms with Crippen molar-refractivity contribution >= 4 is 11.6 Å². The van der Waals surface area contributed by atoms with Crippen molar-refractivity contribution in [2.45, 2.75) is 46.7 Å². The molecule has 27 heavy (non-hydrogen) atoms. The smallest absolute Gasteiger partial charge is 0.226 e. The number of hydrogen-bond donors (Lipinski definition) is 1. The highest BCUT2D eigenvalue weighted by molar-refractivity contribution is 5.90. The van der Waals surface area contributed by atoms with E-state index in [1.54, 1.807) is 29.2 Å². The van der Waals surface area contributed by atoms with Crippen LogP contribution in [0.3, 0.4) is 0 Å². The van der Waals surface area contributed by atoms with E-state index in [4.69, 9.17) is 0 Å². The van der Waals surface area contributed by atoms with Crippen molar-refractivity contribution in [3.63, 3.8) is 0 Å². The number of anilines is 1. The first-order chi connectivity index (χ1) is 12.8. The zero-order valence-corrected chi connectivity index (χ0v) is 16.0. The van der Waals surface area contributed by atoms with E-state index in [9.17, 15) is 9.18 Å². The maximum absolute atomic E-state index is 13.0. The molecule has 2 heterocycles. The summed E-state index contributed by atoms with van der Waals surface area (Å²) in [5, 5.41) is 11.6. The Morgan fingerprint density at radius 2 is 1.93 bits per heavy atom. The molecule has 0 spiro atoms. The molecule has 3 aromatic rings. The second-order valence-electron chi connectivity index (χ2n) is 6.89. The van der Waals surface area contributed by atoms with Gasteiger partial charge in [0.2, 0.25) is 5.91 Å². The van der Waals surface area contributed by atoms with Crippen molar-refractivity contribution in [3.05, 3.63) is 65.0 Å². The number of amides is 1. The number of nitrogens with zero attached hydrogens (tertiary/aromatic N) is 4. The first-order valence-corrected chi connectivity index (χ1v) is 8.92. The number of carbonyl (C=O) groups is 1. The van der Waals surface area contributed by atoms with Gasteiger partial charge in [-0.05, 0) is 51.0 Å². The van der Waals surface area contributed by atoms with Gasteiger partial charge in [-0.1, -0.05) is 12.1 Å². The van der Waals surface area contributed by atoms with Crippen LogP contribution in [0.1, 0.15) is 41.9 Å². The molecule has 2 aromatic heterocycles. The van der Waals surface area contributed by atoms with Gasteiger partial charge >= 0.3 is 0 Å². The summed E-state index contributed by atoms with van der Waals surface area (Å²) < 4.78 is 16.6. The van der Waals surface area contributed by atoms with Crippen LogP contribution in [0.15, 0.2) is 36.7 Å². The van der Waals surface area contributed by atoms with Gasteiger partial charge in [0, 0.05) is 18.3 Å². The Morgan fingerprint density at radius 3 is 2.56 bits per heavy atom. The third-order valence-electron chi connectivity index (χ3n) is 4.76. The van der Waals surface area contributed by atoms with Crippen molar-refractivity contribution in [2.75, 3.05) is 5.32 Å². The maximum atomic E-state index is 13.0. The quantitative estimate of drug-likeness (QED) is 0.719. The molecule has 1 N–H and O–H groups in total. The Labute approximate surface area is 158 Å². The summed E-state index contributed by atoms with van der Waals surface area (Å²) in [5.41, 5.74) is 4.80. The fourth-order valence-corrected chi connectivity index (χ4v) is 3.03. The molecule has 0 radical (unpaired) electrons. The second-order valence-corrected chi connectivity index (χ2v) is 6.89. The van der Waals surface area contributed by atoms with E-state index in [2.05, 4.69) is 15.5 Å². The molecule has 7 heteroatoms. The van der Waals surface area contributed by atoms with Gasteiger partial charge in [-0.3, -0.25) is 14.2 Å². The standard InChI is InChI=1S/C20H24FN5O/c1-13(26-16(4)14(2)15(3)24-26)9-20(27)23-19-10-22-25(12-19)11-17-5-7-18(21)8-6-17/h5-8,10,12-13H,9,11H2,1-4H3,(H,23,27). The zero-order valence-electron chi connectivity index (χ0n) is 16.0. The zero-order chi connectivity index (χ0) is 19.6. The average Bonchev–Trinajstić information content (AvgIpc) is 3.16.